The lowest BCUT2D eigenvalue weighted by Crippen LogP contribution is -2.10. The smallest absolute Gasteiger partial charge is 0.339 e. The number of benzene rings is 1. The van der Waals surface area contributed by atoms with Crippen LogP contribution in [0.5, 0.6) is 5.75 Å². The molecule has 98 valence electrons. The van der Waals surface area contributed by atoms with Gasteiger partial charge in [0.25, 0.3) is 0 Å². The Bertz CT molecular complexity index is 571. The molecule has 0 spiro atoms. The fraction of sp³-hybridized carbons (Fsp3) is 0.312. The van der Waals surface area contributed by atoms with Gasteiger partial charge < -0.3 is 9.47 Å². The lowest BCUT2D eigenvalue weighted by molar-refractivity contribution is 0.0555. The zero-order valence-electron chi connectivity index (χ0n) is 11.4. The van der Waals surface area contributed by atoms with Gasteiger partial charge in [-0.25, -0.2) is 4.79 Å². The normalized spacial score (nSPS) is 9.32. The summed E-state index contributed by atoms with van der Waals surface area (Å²) in [5.74, 6) is 4.97. The minimum atomic E-state index is -0.426. The molecule has 0 radical (unpaired) electrons. The third kappa shape index (κ3) is 3.30. The second kappa shape index (κ2) is 6.52. The first-order chi connectivity index (χ1) is 9.02. The van der Waals surface area contributed by atoms with Crippen LogP contribution in [0.25, 0.3) is 0 Å². The lowest BCUT2D eigenvalue weighted by Gasteiger charge is -2.15. The molecule has 0 heterocycles. The summed E-state index contributed by atoms with van der Waals surface area (Å²) in [6.07, 6.45) is 10.2. The van der Waals surface area contributed by atoms with Gasteiger partial charge in [-0.3, -0.25) is 0 Å². The van der Waals surface area contributed by atoms with E-state index in [4.69, 9.17) is 22.3 Å². The van der Waals surface area contributed by atoms with E-state index in [0.717, 1.165) is 16.7 Å². The number of aryl methyl sites for hydroxylation is 1. The van der Waals surface area contributed by atoms with E-state index in [0.29, 0.717) is 11.3 Å². The maximum absolute atomic E-state index is 11.9. The van der Waals surface area contributed by atoms with E-state index in [-0.39, 0.29) is 13.2 Å². The second-order valence-corrected chi connectivity index (χ2v) is 4.09. The molecular formula is C16H16O3. The van der Waals surface area contributed by atoms with Crippen molar-refractivity contribution in [2.75, 3.05) is 13.2 Å². The number of carbonyl (C=O) groups is 1. The number of esters is 1. The van der Waals surface area contributed by atoms with E-state index in [1.165, 1.54) is 0 Å². The van der Waals surface area contributed by atoms with Crippen LogP contribution in [-0.2, 0) is 4.74 Å². The van der Waals surface area contributed by atoms with Crippen molar-refractivity contribution < 1.29 is 14.3 Å². The van der Waals surface area contributed by atoms with Crippen LogP contribution in [0.4, 0.5) is 0 Å². The summed E-state index contributed by atoms with van der Waals surface area (Å²) in [5.41, 5.74) is 3.02. The highest BCUT2D eigenvalue weighted by atomic mass is 16.5. The van der Waals surface area contributed by atoms with Crippen LogP contribution in [0.15, 0.2) is 6.07 Å². The Morgan fingerprint density at radius 3 is 2.37 bits per heavy atom. The van der Waals surface area contributed by atoms with Gasteiger partial charge in [-0.05, 0) is 43.5 Å². The molecule has 0 fully saturated rings. The molecule has 3 nitrogen and oxygen atoms in total. The Morgan fingerprint density at radius 1 is 1.16 bits per heavy atom. The number of ether oxygens (including phenoxy) is 2. The van der Waals surface area contributed by atoms with Crippen molar-refractivity contribution >= 4 is 5.97 Å². The molecule has 0 aliphatic rings. The minimum Gasteiger partial charge on any atom is -0.480 e. The molecule has 0 saturated heterocycles. The van der Waals surface area contributed by atoms with Crippen molar-refractivity contribution in [3.63, 3.8) is 0 Å². The van der Waals surface area contributed by atoms with Crippen molar-refractivity contribution in [1.82, 2.24) is 0 Å². The molecule has 0 amide bonds. The molecule has 0 aliphatic heterocycles. The molecule has 1 aromatic carbocycles. The van der Waals surface area contributed by atoms with Gasteiger partial charge in [0.1, 0.15) is 12.4 Å². The van der Waals surface area contributed by atoms with Gasteiger partial charge in [0, 0.05) is 0 Å². The molecule has 3 heteroatoms. The maximum Gasteiger partial charge on any atom is 0.339 e. The van der Waals surface area contributed by atoms with Gasteiger partial charge in [-0.2, -0.15) is 0 Å². The van der Waals surface area contributed by atoms with Gasteiger partial charge >= 0.3 is 5.97 Å². The molecule has 0 N–H and O–H groups in total. The fourth-order valence-corrected chi connectivity index (χ4v) is 1.79. The number of carbonyl (C=O) groups excluding carboxylic acids is 1. The van der Waals surface area contributed by atoms with Gasteiger partial charge in [-0.1, -0.05) is 11.8 Å². The predicted molar refractivity (Wildman–Crippen MR) is 74.1 cm³/mol. The first-order valence-corrected chi connectivity index (χ1v) is 5.80. The van der Waals surface area contributed by atoms with Crippen molar-refractivity contribution in [1.29, 1.82) is 0 Å². The van der Waals surface area contributed by atoms with E-state index in [9.17, 15) is 4.79 Å². The van der Waals surface area contributed by atoms with Crippen LogP contribution >= 0.6 is 0 Å². The number of hydrogen-bond donors (Lipinski definition) is 0. The zero-order valence-corrected chi connectivity index (χ0v) is 11.4. The minimum absolute atomic E-state index is 0.0360. The molecule has 0 unspecified atom stereocenters. The summed E-state index contributed by atoms with van der Waals surface area (Å²) in [7, 11) is 0. The van der Waals surface area contributed by atoms with Gasteiger partial charge in [0.05, 0.1) is 5.56 Å². The first kappa shape index (κ1) is 14.7. The highest BCUT2D eigenvalue weighted by Crippen LogP contribution is 2.29. The van der Waals surface area contributed by atoms with Crippen LogP contribution in [0.3, 0.4) is 0 Å². The van der Waals surface area contributed by atoms with Gasteiger partial charge in [0.15, 0.2) is 6.61 Å². The summed E-state index contributed by atoms with van der Waals surface area (Å²) in [6, 6.07) is 1.73. The quantitative estimate of drug-likeness (QED) is 0.613. The van der Waals surface area contributed by atoms with Crippen LogP contribution < -0.4 is 4.74 Å². The monoisotopic (exact) mass is 256 g/mol. The zero-order chi connectivity index (χ0) is 14.4. The molecule has 0 aliphatic carbocycles. The molecular weight excluding hydrogens is 240 g/mol. The van der Waals surface area contributed by atoms with E-state index >= 15 is 0 Å². The highest BCUT2D eigenvalue weighted by Gasteiger charge is 2.17. The van der Waals surface area contributed by atoms with Crippen molar-refractivity contribution in [3.8, 4) is 30.4 Å². The number of terminal acetylenes is 2. The van der Waals surface area contributed by atoms with E-state index in [2.05, 4.69) is 11.8 Å². The fourth-order valence-electron chi connectivity index (χ4n) is 1.79. The predicted octanol–water partition coefficient (Wildman–Crippen LogP) is 2.41. The van der Waals surface area contributed by atoms with Crippen LogP contribution in [0, 0.1) is 45.5 Å². The van der Waals surface area contributed by atoms with Crippen molar-refractivity contribution in [2.45, 2.75) is 20.8 Å². The van der Waals surface area contributed by atoms with Crippen LogP contribution in [0.1, 0.15) is 27.0 Å². The van der Waals surface area contributed by atoms with E-state index < -0.39 is 5.97 Å². The third-order valence-electron chi connectivity index (χ3n) is 2.83. The van der Waals surface area contributed by atoms with Crippen LogP contribution in [0.2, 0.25) is 0 Å². The lowest BCUT2D eigenvalue weighted by atomic mass is 9.98. The molecule has 0 atom stereocenters. The third-order valence-corrected chi connectivity index (χ3v) is 2.83. The molecule has 0 bridgehead atoms. The molecule has 1 rings (SSSR count). The number of rotatable bonds is 4. The number of hydrogen-bond acceptors (Lipinski definition) is 3. The van der Waals surface area contributed by atoms with E-state index in [1.807, 2.05) is 20.8 Å². The average molecular weight is 256 g/mol. The molecule has 0 saturated carbocycles. The standard InChI is InChI=1S/C16H16O3/c1-6-8-18-15-11(3)10-14(12(4)13(15)5)16(17)19-9-7-2/h1-2,10H,8-9H2,3-5H3. The Hall–Kier alpha value is -2.39. The summed E-state index contributed by atoms with van der Waals surface area (Å²) in [4.78, 5) is 11.9. The summed E-state index contributed by atoms with van der Waals surface area (Å²) < 4.78 is 10.4. The average Bonchev–Trinajstić information content (AvgIpc) is 2.40. The highest BCUT2D eigenvalue weighted by molar-refractivity contribution is 5.92. The van der Waals surface area contributed by atoms with Gasteiger partial charge in [-0.15, -0.1) is 12.8 Å². The SMILES string of the molecule is C#CCOC(=O)c1cc(C)c(OCC#C)c(C)c1C. The Kier molecular flexibility index (Phi) is 5.03. The summed E-state index contributed by atoms with van der Waals surface area (Å²) in [6.45, 7) is 5.74. The van der Waals surface area contributed by atoms with Gasteiger partial charge in [0.2, 0.25) is 0 Å². The van der Waals surface area contributed by atoms with Crippen molar-refractivity contribution in [3.05, 3.63) is 28.3 Å². The Labute approximate surface area is 113 Å². The topological polar surface area (TPSA) is 35.5 Å². The largest absolute Gasteiger partial charge is 0.480 e. The van der Waals surface area contributed by atoms with Crippen LogP contribution in [-0.4, -0.2) is 19.2 Å². The molecule has 1 aromatic rings. The Morgan fingerprint density at radius 2 is 1.79 bits per heavy atom. The van der Waals surface area contributed by atoms with E-state index in [1.54, 1.807) is 6.07 Å². The second-order valence-electron chi connectivity index (χ2n) is 4.09. The first-order valence-electron chi connectivity index (χ1n) is 5.80. The maximum atomic E-state index is 11.9. The Balaban J connectivity index is 3.15. The molecule has 0 aromatic heterocycles. The van der Waals surface area contributed by atoms with Crippen molar-refractivity contribution in [2.24, 2.45) is 0 Å². The molecule has 19 heavy (non-hydrogen) atoms. The summed E-state index contributed by atoms with van der Waals surface area (Å²) >= 11 is 0. The summed E-state index contributed by atoms with van der Waals surface area (Å²) in [5, 5.41) is 0.